The van der Waals surface area contributed by atoms with E-state index >= 15 is 0 Å². The van der Waals surface area contributed by atoms with E-state index in [9.17, 15) is 0 Å². The molecule has 0 unspecified atom stereocenters. The normalized spacial score (nSPS) is 10.8. The third-order valence-corrected chi connectivity index (χ3v) is 2.81. The summed E-state index contributed by atoms with van der Waals surface area (Å²) in [5.74, 6) is 1.74. The van der Waals surface area contributed by atoms with Crippen LogP contribution in [0.3, 0.4) is 0 Å². The second kappa shape index (κ2) is 8.04. The summed E-state index contributed by atoms with van der Waals surface area (Å²) in [4.78, 5) is 0. The van der Waals surface area contributed by atoms with E-state index in [1.807, 2.05) is 13.0 Å². The lowest BCUT2D eigenvalue weighted by Crippen LogP contribution is -2.04. The van der Waals surface area contributed by atoms with Crippen molar-refractivity contribution in [3.8, 4) is 0 Å². The van der Waals surface area contributed by atoms with Gasteiger partial charge in [-0.05, 0) is 30.9 Å². The zero-order chi connectivity index (χ0) is 12.5. The number of hydrogen-bond acceptors (Lipinski definition) is 3. The van der Waals surface area contributed by atoms with Crippen molar-refractivity contribution in [3.05, 3.63) is 17.8 Å². The number of rotatable bonds is 8. The average Bonchev–Trinajstić information content (AvgIpc) is 2.27. The van der Waals surface area contributed by atoms with Gasteiger partial charge in [0.15, 0.2) is 0 Å². The van der Waals surface area contributed by atoms with Crippen molar-refractivity contribution in [2.24, 2.45) is 5.92 Å². The molecule has 0 bridgehead atoms. The third kappa shape index (κ3) is 6.93. The van der Waals surface area contributed by atoms with E-state index in [-0.39, 0.29) is 0 Å². The number of anilines is 1. The SMILES string of the molecule is Cc1cnnc(NCCCCCCC(C)C)c1. The van der Waals surface area contributed by atoms with Crippen LogP contribution in [0.5, 0.6) is 0 Å². The lowest BCUT2D eigenvalue weighted by Gasteiger charge is -2.06. The number of nitrogens with one attached hydrogen (secondary N) is 1. The largest absolute Gasteiger partial charge is 0.369 e. The molecular formula is C14H25N3. The molecular weight excluding hydrogens is 210 g/mol. The summed E-state index contributed by atoms with van der Waals surface area (Å²) in [7, 11) is 0. The van der Waals surface area contributed by atoms with Crippen molar-refractivity contribution in [1.29, 1.82) is 0 Å². The van der Waals surface area contributed by atoms with Gasteiger partial charge in [0.05, 0.1) is 6.20 Å². The van der Waals surface area contributed by atoms with Crippen LogP contribution in [0.15, 0.2) is 12.3 Å². The van der Waals surface area contributed by atoms with Gasteiger partial charge in [0.2, 0.25) is 0 Å². The van der Waals surface area contributed by atoms with E-state index in [0.717, 1.165) is 23.8 Å². The lowest BCUT2D eigenvalue weighted by molar-refractivity contribution is 0.523. The zero-order valence-electron chi connectivity index (χ0n) is 11.4. The Morgan fingerprint density at radius 2 is 1.94 bits per heavy atom. The Labute approximate surface area is 105 Å². The summed E-state index contributed by atoms with van der Waals surface area (Å²) in [6, 6.07) is 2.03. The molecule has 0 aliphatic rings. The second-order valence-electron chi connectivity index (χ2n) is 5.14. The topological polar surface area (TPSA) is 37.8 Å². The molecule has 17 heavy (non-hydrogen) atoms. The summed E-state index contributed by atoms with van der Waals surface area (Å²) in [6.45, 7) is 7.61. The fraction of sp³-hybridized carbons (Fsp3) is 0.714. The highest BCUT2D eigenvalue weighted by molar-refractivity contribution is 5.34. The van der Waals surface area contributed by atoms with Crippen molar-refractivity contribution < 1.29 is 0 Å². The molecule has 0 fully saturated rings. The highest BCUT2D eigenvalue weighted by Crippen LogP contribution is 2.10. The van der Waals surface area contributed by atoms with Gasteiger partial charge in [0.1, 0.15) is 5.82 Å². The van der Waals surface area contributed by atoms with Crippen molar-refractivity contribution in [1.82, 2.24) is 10.2 Å². The maximum Gasteiger partial charge on any atom is 0.148 e. The molecule has 96 valence electrons. The summed E-state index contributed by atoms with van der Waals surface area (Å²) in [5, 5.41) is 11.3. The maximum atomic E-state index is 4.04. The van der Waals surface area contributed by atoms with Gasteiger partial charge in [-0.15, -0.1) is 5.10 Å². The van der Waals surface area contributed by atoms with Gasteiger partial charge in [-0.2, -0.15) is 5.10 Å². The number of unbranched alkanes of at least 4 members (excludes halogenated alkanes) is 3. The maximum absolute atomic E-state index is 4.04. The predicted molar refractivity (Wildman–Crippen MR) is 73.2 cm³/mol. The van der Waals surface area contributed by atoms with Crippen molar-refractivity contribution in [3.63, 3.8) is 0 Å². The quantitative estimate of drug-likeness (QED) is 0.696. The highest BCUT2D eigenvalue weighted by atomic mass is 15.2. The Kier molecular flexibility index (Phi) is 6.60. The summed E-state index contributed by atoms with van der Waals surface area (Å²) in [6.07, 6.45) is 8.36. The number of nitrogens with zero attached hydrogens (tertiary/aromatic N) is 2. The summed E-state index contributed by atoms with van der Waals surface area (Å²) in [5.41, 5.74) is 1.15. The average molecular weight is 235 g/mol. The Balaban J connectivity index is 2.01. The van der Waals surface area contributed by atoms with Gasteiger partial charge in [-0.1, -0.05) is 39.5 Å². The van der Waals surface area contributed by atoms with E-state index in [2.05, 4.69) is 29.4 Å². The molecule has 1 N–H and O–H groups in total. The first-order chi connectivity index (χ1) is 8.18. The van der Waals surface area contributed by atoms with Crippen LogP contribution < -0.4 is 5.32 Å². The standard InChI is InChI=1S/C14H25N3/c1-12(2)8-6-4-5-7-9-15-14-10-13(3)11-16-17-14/h10-12H,4-9H2,1-3H3,(H,15,17). The fourth-order valence-electron chi connectivity index (χ4n) is 1.80. The van der Waals surface area contributed by atoms with Gasteiger partial charge in [0.25, 0.3) is 0 Å². The molecule has 0 aliphatic heterocycles. The van der Waals surface area contributed by atoms with E-state index in [1.54, 1.807) is 6.20 Å². The van der Waals surface area contributed by atoms with Gasteiger partial charge < -0.3 is 5.32 Å². The fourth-order valence-corrected chi connectivity index (χ4v) is 1.80. The summed E-state index contributed by atoms with van der Waals surface area (Å²) >= 11 is 0. The number of aryl methyl sites for hydroxylation is 1. The Hall–Kier alpha value is -1.12. The Bertz CT molecular complexity index is 310. The second-order valence-corrected chi connectivity index (χ2v) is 5.14. The van der Waals surface area contributed by atoms with Gasteiger partial charge >= 0.3 is 0 Å². The van der Waals surface area contributed by atoms with Gasteiger partial charge in [-0.3, -0.25) is 0 Å². The van der Waals surface area contributed by atoms with E-state index in [0.29, 0.717) is 0 Å². The van der Waals surface area contributed by atoms with Crippen LogP contribution in [-0.2, 0) is 0 Å². The minimum Gasteiger partial charge on any atom is -0.369 e. The zero-order valence-corrected chi connectivity index (χ0v) is 11.4. The smallest absolute Gasteiger partial charge is 0.148 e. The van der Waals surface area contributed by atoms with Crippen LogP contribution in [0.25, 0.3) is 0 Å². The van der Waals surface area contributed by atoms with E-state index in [4.69, 9.17) is 0 Å². The molecule has 1 aromatic rings. The van der Waals surface area contributed by atoms with Gasteiger partial charge in [0, 0.05) is 6.54 Å². The molecule has 0 saturated heterocycles. The molecule has 0 amide bonds. The molecule has 0 atom stereocenters. The third-order valence-electron chi connectivity index (χ3n) is 2.81. The predicted octanol–water partition coefficient (Wildman–Crippen LogP) is 3.80. The molecule has 0 aromatic carbocycles. The van der Waals surface area contributed by atoms with Crippen LogP contribution in [0.4, 0.5) is 5.82 Å². The molecule has 0 radical (unpaired) electrons. The van der Waals surface area contributed by atoms with Crippen LogP contribution >= 0.6 is 0 Å². The summed E-state index contributed by atoms with van der Waals surface area (Å²) < 4.78 is 0. The molecule has 0 spiro atoms. The molecule has 3 nitrogen and oxygen atoms in total. The Morgan fingerprint density at radius 3 is 2.65 bits per heavy atom. The molecule has 1 rings (SSSR count). The van der Waals surface area contributed by atoms with Crippen LogP contribution in [0, 0.1) is 12.8 Å². The monoisotopic (exact) mass is 235 g/mol. The van der Waals surface area contributed by atoms with Crippen LogP contribution in [-0.4, -0.2) is 16.7 Å². The first-order valence-corrected chi connectivity index (χ1v) is 6.71. The van der Waals surface area contributed by atoms with Crippen molar-refractivity contribution in [2.45, 2.75) is 52.9 Å². The number of aromatic nitrogens is 2. The first-order valence-electron chi connectivity index (χ1n) is 6.71. The van der Waals surface area contributed by atoms with E-state index < -0.39 is 0 Å². The molecule has 1 aromatic heterocycles. The van der Waals surface area contributed by atoms with Crippen LogP contribution in [0.1, 0.15) is 51.5 Å². The molecule has 1 heterocycles. The van der Waals surface area contributed by atoms with Crippen LogP contribution in [0.2, 0.25) is 0 Å². The van der Waals surface area contributed by atoms with Gasteiger partial charge in [-0.25, -0.2) is 0 Å². The number of hydrogen-bond donors (Lipinski definition) is 1. The first kappa shape index (κ1) is 13.9. The van der Waals surface area contributed by atoms with Crippen molar-refractivity contribution >= 4 is 5.82 Å². The van der Waals surface area contributed by atoms with E-state index in [1.165, 1.54) is 32.1 Å². The van der Waals surface area contributed by atoms with Crippen molar-refractivity contribution in [2.75, 3.05) is 11.9 Å². The molecule has 0 aliphatic carbocycles. The minimum absolute atomic E-state index is 0.843. The highest BCUT2D eigenvalue weighted by Gasteiger charge is 1.96. The Morgan fingerprint density at radius 1 is 1.18 bits per heavy atom. The molecule has 0 saturated carbocycles. The molecule has 3 heteroatoms. The minimum atomic E-state index is 0.843. The lowest BCUT2D eigenvalue weighted by atomic mass is 10.0.